The van der Waals surface area contributed by atoms with E-state index in [2.05, 4.69) is 5.32 Å². The molecule has 2 amide bonds. The van der Waals surface area contributed by atoms with Crippen LogP contribution in [0.4, 0.5) is 5.69 Å². The smallest absolute Gasteiger partial charge is 0.261 e. The van der Waals surface area contributed by atoms with Gasteiger partial charge in [0.15, 0.2) is 5.75 Å². The van der Waals surface area contributed by atoms with Crippen molar-refractivity contribution in [2.45, 2.75) is 6.54 Å². The molecule has 5 nitrogen and oxygen atoms in total. The molecular formula is C22H17ClN2O3. The van der Waals surface area contributed by atoms with Crippen LogP contribution in [0.25, 0.3) is 0 Å². The van der Waals surface area contributed by atoms with Crippen molar-refractivity contribution in [3.8, 4) is 11.5 Å². The first kappa shape index (κ1) is 18.1. The fourth-order valence-electron chi connectivity index (χ4n) is 3.03. The van der Waals surface area contributed by atoms with Crippen molar-refractivity contribution in [1.82, 2.24) is 5.32 Å². The Morgan fingerprint density at radius 1 is 1.04 bits per heavy atom. The third-order valence-corrected chi connectivity index (χ3v) is 4.84. The number of hydrogen-bond acceptors (Lipinski definition) is 3. The maximum atomic E-state index is 12.8. The van der Waals surface area contributed by atoms with Crippen molar-refractivity contribution in [1.29, 1.82) is 0 Å². The number of halogens is 1. The number of amides is 2. The van der Waals surface area contributed by atoms with Gasteiger partial charge in [-0.05, 0) is 48.0 Å². The highest BCUT2D eigenvalue weighted by Gasteiger charge is 2.26. The molecule has 0 fully saturated rings. The number of ether oxygens (including phenoxy) is 1. The number of para-hydroxylation sites is 1. The van der Waals surface area contributed by atoms with E-state index in [-0.39, 0.29) is 11.8 Å². The number of nitrogens with one attached hydrogen (secondary N) is 1. The highest BCUT2D eigenvalue weighted by Crippen LogP contribution is 2.38. The minimum absolute atomic E-state index is 0.187. The molecule has 0 saturated carbocycles. The second kappa shape index (κ2) is 7.37. The Balaban J connectivity index is 1.57. The number of rotatable bonds is 3. The third-order valence-electron chi connectivity index (χ3n) is 4.59. The van der Waals surface area contributed by atoms with E-state index in [1.807, 2.05) is 18.2 Å². The summed E-state index contributed by atoms with van der Waals surface area (Å²) in [5.74, 6) is 0.599. The highest BCUT2D eigenvalue weighted by atomic mass is 35.5. The number of nitrogens with zero attached hydrogens (tertiary/aromatic N) is 1. The topological polar surface area (TPSA) is 58.6 Å². The molecule has 3 aromatic carbocycles. The zero-order valence-electron chi connectivity index (χ0n) is 15.1. The monoisotopic (exact) mass is 392 g/mol. The Bertz CT molecular complexity index is 1060. The van der Waals surface area contributed by atoms with Gasteiger partial charge in [-0.2, -0.15) is 0 Å². The molecule has 6 heteroatoms. The van der Waals surface area contributed by atoms with E-state index in [0.717, 1.165) is 5.56 Å². The average molecular weight is 393 g/mol. The van der Waals surface area contributed by atoms with Crippen LogP contribution in [0.1, 0.15) is 26.3 Å². The number of benzene rings is 3. The molecule has 0 unspecified atom stereocenters. The Hall–Kier alpha value is -3.31. The number of carbonyl (C=O) groups is 2. The van der Waals surface area contributed by atoms with Crippen LogP contribution in [0.15, 0.2) is 66.7 Å². The second-order valence-corrected chi connectivity index (χ2v) is 6.89. The molecule has 0 saturated heterocycles. The maximum Gasteiger partial charge on any atom is 0.261 e. The van der Waals surface area contributed by atoms with Gasteiger partial charge in [-0.15, -0.1) is 0 Å². The summed E-state index contributed by atoms with van der Waals surface area (Å²) in [6.07, 6.45) is 0. The lowest BCUT2D eigenvalue weighted by Crippen LogP contribution is -2.26. The number of fused-ring (bicyclic) bond motifs is 2. The maximum absolute atomic E-state index is 12.8. The largest absolute Gasteiger partial charge is 0.454 e. The minimum Gasteiger partial charge on any atom is -0.454 e. The molecule has 1 heterocycles. The molecule has 0 aliphatic carbocycles. The Morgan fingerprint density at radius 3 is 2.57 bits per heavy atom. The van der Waals surface area contributed by atoms with Gasteiger partial charge in [0.2, 0.25) is 0 Å². The predicted molar refractivity (Wildman–Crippen MR) is 108 cm³/mol. The van der Waals surface area contributed by atoms with Crippen molar-refractivity contribution < 1.29 is 14.3 Å². The summed E-state index contributed by atoms with van der Waals surface area (Å²) in [5.41, 5.74) is 2.41. The van der Waals surface area contributed by atoms with E-state index >= 15 is 0 Å². The quantitative estimate of drug-likeness (QED) is 0.705. The van der Waals surface area contributed by atoms with Crippen LogP contribution in [0.2, 0.25) is 5.02 Å². The number of hydrogen-bond donors (Lipinski definition) is 1. The summed E-state index contributed by atoms with van der Waals surface area (Å²) in [5, 5.41) is 3.52. The lowest BCUT2D eigenvalue weighted by molar-refractivity contribution is 0.0948. The van der Waals surface area contributed by atoms with Crippen LogP contribution >= 0.6 is 11.6 Å². The van der Waals surface area contributed by atoms with Crippen LogP contribution in [0.3, 0.4) is 0 Å². The Labute approximate surface area is 167 Å². The zero-order chi connectivity index (χ0) is 19.7. The minimum atomic E-state index is -0.236. The van der Waals surface area contributed by atoms with Gasteiger partial charge in [0, 0.05) is 24.2 Å². The van der Waals surface area contributed by atoms with Crippen molar-refractivity contribution in [2.24, 2.45) is 0 Å². The van der Waals surface area contributed by atoms with Crippen LogP contribution in [0.5, 0.6) is 11.5 Å². The summed E-state index contributed by atoms with van der Waals surface area (Å²) in [7, 11) is 1.67. The van der Waals surface area contributed by atoms with Crippen molar-refractivity contribution in [3.63, 3.8) is 0 Å². The fourth-order valence-corrected chi connectivity index (χ4v) is 3.16. The SMILES string of the molecule is CN1C(=O)c2ccccc2Oc2ccc(C(=O)NCc3ccc(Cl)cc3)cc21. The Morgan fingerprint density at radius 2 is 1.79 bits per heavy atom. The van der Waals surface area contributed by atoms with Crippen molar-refractivity contribution in [2.75, 3.05) is 11.9 Å². The van der Waals surface area contributed by atoms with E-state index in [9.17, 15) is 9.59 Å². The molecular weight excluding hydrogens is 376 g/mol. The summed E-state index contributed by atoms with van der Waals surface area (Å²) in [6.45, 7) is 0.379. The van der Waals surface area contributed by atoms with E-state index in [4.69, 9.17) is 16.3 Å². The van der Waals surface area contributed by atoms with Crippen molar-refractivity contribution in [3.05, 3.63) is 88.4 Å². The predicted octanol–water partition coefficient (Wildman–Crippen LogP) is 4.65. The van der Waals surface area contributed by atoms with E-state index in [1.165, 1.54) is 4.90 Å². The fraction of sp³-hybridized carbons (Fsp3) is 0.0909. The molecule has 1 N–H and O–H groups in total. The van der Waals surface area contributed by atoms with Gasteiger partial charge < -0.3 is 15.0 Å². The second-order valence-electron chi connectivity index (χ2n) is 6.45. The van der Waals surface area contributed by atoms with E-state index in [0.29, 0.717) is 39.9 Å². The first-order valence-corrected chi connectivity index (χ1v) is 9.12. The number of anilines is 1. The molecule has 0 radical (unpaired) electrons. The van der Waals surface area contributed by atoms with Gasteiger partial charge in [-0.3, -0.25) is 9.59 Å². The first-order chi connectivity index (χ1) is 13.5. The summed E-state index contributed by atoms with van der Waals surface area (Å²) in [4.78, 5) is 26.8. The molecule has 1 aliphatic heterocycles. The lowest BCUT2D eigenvalue weighted by atomic mass is 10.1. The molecule has 0 spiro atoms. The zero-order valence-corrected chi connectivity index (χ0v) is 15.9. The summed E-state index contributed by atoms with van der Waals surface area (Å²) >= 11 is 5.88. The third kappa shape index (κ3) is 3.44. The Kier molecular flexibility index (Phi) is 4.75. The van der Waals surface area contributed by atoms with E-state index in [1.54, 1.807) is 55.6 Å². The van der Waals surface area contributed by atoms with Gasteiger partial charge >= 0.3 is 0 Å². The standard InChI is InChI=1S/C22H17ClN2O3/c1-25-18-12-15(21(26)24-13-14-6-9-16(23)10-7-14)8-11-20(18)28-19-5-3-2-4-17(19)22(25)27/h2-12H,13H2,1H3,(H,24,26). The molecule has 0 bridgehead atoms. The van der Waals surface area contributed by atoms with Crippen LogP contribution in [-0.4, -0.2) is 18.9 Å². The molecule has 4 rings (SSSR count). The summed E-state index contributed by atoms with van der Waals surface area (Å²) < 4.78 is 5.91. The average Bonchev–Trinajstić information content (AvgIpc) is 2.82. The molecule has 140 valence electrons. The number of carbonyl (C=O) groups excluding carboxylic acids is 2. The molecule has 1 aliphatic rings. The van der Waals surface area contributed by atoms with E-state index < -0.39 is 0 Å². The van der Waals surface area contributed by atoms with Gasteiger partial charge in [0.05, 0.1) is 11.3 Å². The van der Waals surface area contributed by atoms with Gasteiger partial charge in [-0.25, -0.2) is 0 Å². The molecule has 0 atom stereocenters. The molecule has 28 heavy (non-hydrogen) atoms. The van der Waals surface area contributed by atoms with Crippen molar-refractivity contribution >= 4 is 29.1 Å². The highest BCUT2D eigenvalue weighted by molar-refractivity contribution is 6.30. The van der Waals surface area contributed by atoms with Crippen LogP contribution in [-0.2, 0) is 6.54 Å². The van der Waals surface area contributed by atoms with Crippen LogP contribution in [0, 0.1) is 0 Å². The molecule has 3 aromatic rings. The van der Waals surface area contributed by atoms with Gasteiger partial charge in [0.1, 0.15) is 5.75 Å². The first-order valence-electron chi connectivity index (χ1n) is 8.74. The van der Waals surface area contributed by atoms with Gasteiger partial charge in [-0.1, -0.05) is 35.9 Å². The molecule has 0 aromatic heterocycles. The van der Waals surface area contributed by atoms with Crippen LogP contribution < -0.4 is 15.0 Å². The van der Waals surface area contributed by atoms with Gasteiger partial charge in [0.25, 0.3) is 11.8 Å². The normalized spacial score (nSPS) is 12.5. The summed E-state index contributed by atoms with van der Waals surface area (Å²) in [6, 6.07) is 19.4. The lowest BCUT2D eigenvalue weighted by Gasteiger charge is -2.17.